The molecule has 0 saturated carbocycles. The second kappa shape index (κ2) is 7.97. The van der Waals surface area contributed by atoms with E-state index in [2.05, 4.69) is 26.6 Å². The summed E-state index contributed by atoms with van der Waals surface area (Å²) in [6.45, 7) is 3.81. The first kappa shape index (κ1) is 17.4. The zero-order valence-electron chi connectivity index (χ0n) is 11.8. The van der Waals surface area contributed by atoms with Gasteiger partial charge in [0.1, 0.15) is 5.82 Å². The first-order valence-corrected chi connectivity index (χ1v) is 7.32. The van der Waals surface area contributed by atoms with Crippen LogP contribution in [-0.2, 0) is 4.79 Å². The van der Waals surface area contributed by atoms with Crippen molar-refractivity contribution in [1.29, 1.82) is 0 Å². The molecule has 0 aliphatic carbocycles. The Bertz CT molecular complexity index is 503. The summed E-state index contributed by atoms with van der Waals surface area (Å²) in [5, 5.41) is 13.9. The van der Waals surface area contributed by atoms with Gasteiger partial charge in [-0.1, -0.05) is 19.9 Å². The lowest BCUT2D eigenvalue weighted by molar-refractivity contribution is -0.142. The molecule has 21 heavy (non-hydrogen) atoms. The van der Waals surface area contributed by atoms with Crippen LogP contribution in [0.15, 0.2) is 22.7 Å². The van der Waals surface area contributed by atoms with E-state index in [9.17, 15) is 14.0 Å². The normalized spacial score (nSPS) is 12.0. The Kier molecular flexibility index (Phi) is 6.61. The zero-order chi connectivity index (χ0) is 16.0. The molecule has 1 unspecified atom stereocenters. The second-order valence-electron chi connectivity index (χ2n) is 5.10. The molecule has 0 aliphatic rings. The number of aliphatic carboxylic acids is 1. The van der Waals surface area contributed by atoms with Gasteiger partial charge in [0.15, 0.2) is 0 Å². The molecule has 0 aromatic heterocycles. The van der Waals surface area contributed by atoms with Gasteiger partial charge in [0.25, 0.3) is 0 Å². The maximum atomic E-state index is 13.5. The molecule has 0 spiro atoms. The van der Waals surface area contributed by atoms with E-state index in [0.717, 1.165) is 0 Å². The molecular weight excluding hydrogens is 343 g/mol. The third kappa shape index (κ3) is 5.71. The standard InChI is InChI=1S/C14H18BrFN2O3/c1-8(2)6-9(13(19)20)7-17-14(21)18-12-10(15)4-3-5-11(12)16/h3-5,8-9H,6-7H2,1-2H3,(H,19,20)(H2,17,18,21). The van der Waals surface area contributed by atoms with Gasteiger partial charge in [-0.2, -0.15) is 0 Å². The Hall–Kier alpha value is -1.63. The number of rotatable bonds is 6. The van der Waals surface area contributed by atoms with Crippen LogP contribution < -0.4 is 10.6 Å². The maximum absolute atomic E-state index is 13.5. The van der Waals surface area contributed by atoms with Gasteiger partial charge in [0.2, 0.25) is 0 Å². The number of nitrogens with one attached hydrogen (secondary N) is 2. The largest absolute Gasteiger partial charge is 0.481 e. The molecule has 1 aromatic rings. The molecule has 2 amide bonds. The van der Waals surface area contributed by atoms with Crippen molar-refractivity contribution in [3.63, 3.8) is 0 Å². The van der Waals surface area contributed by atoms with Crippen molar-refractivity contribution in [3.05, 3.63) is 28.5 Å². The smallest absolute Gasteiger partial charge is 0.319 e. The Morgan fingerprint density at radius 3 is 2.57 bits per heavy atom. The van der Waals surface area contributed by atoms with E-state index in [0.29, 0.717) is 10.9 Å². The number of halogens is 2. The third-order valence-electron chi connectivity index (χ3n) is 2.82. The Labute approximate surface area is 131 Å². The van der Waals surface area contributed by atoms with Crippen LogP contribution in [0.4, 0.5) is 14.9 Å². The number of carbonyl (C=O) groups excluding carboxylic acids is 1. The number of urea groups is 1. The van der Waals surface area contributed by atoms with Gasteiger partial charge in [-0.25, -0.2) is 9.18 Å². The number of benzene rings is 1. The Balaban J connectivity index is 2.59. The van der Waals surface area contributed by atoms with E-state index < -0.39 is 23.7 Å². The van der Waals surface area contributed by atoms with E-state index in [1.165, 1.54) is 12.1 Å². The Morgan fingerprint density at radius 2 is 2.05 bits per heavy atom. The number of carbonyl (C=O) groups is 2. The van der Waals surface area contributed by atoms with Gasteiger partial charge in [0, 0.05) is 11.0 Å². The van der Waals surface area contributed by atoms with E-state index in [1.807, 2.05) is 13.8 Å². The maximum Gasteiger partial charge on any atom is 0.319 e. The molecule has 1 rings (SSSR count). The van der Waals surface area contributed by atoms with E-state index in [-0.39, 0.29) is 18.2 Å². The van der Waals surface area contributed by atoms with Crippen LogP contribution in [0, 0.1) is 17.7 Å². The minimum Gasteiger partial charge on any atom is -0.481 e. The molecule has 0 heterocycles. The molecule has 1 atom stereocenters. The van der Waals surface area contributed by atoms with Gasteiger partial charge in [-0.15, -0.1) is 0 Å². The van der Waals surface area contributed by atoms with Crippen molar-refractivity contribution in [3.8, 4) is 0 Å². The quantitative estimate of drug-likeness (QED) is 0.726. The SMILES string of the molecule is CC(C)CC(CNC(=O)Nc1c(F)cccc1Br)C(=O)O. The highest BCUT2D eigenvalue weighted by Gasteiger charge is 2.20. The van der Waals surface area contributed by atoms with Crippen molar-refractivity contribution in [2.24, 2.45) is 11.8 Å². The van der Waals surface area contributed by atoms with Gasteiger partial charge < -0.3 is 15.7 Å². The summed E-state index contributed by atoms with van der Waals surface area (Å²) in [5.41, 5.74) is 0.0192. The summed E-state index contributed by atoms with van der Waals surface area (Å²) >= 11 is 3.13. The predicted molar refractivity (Wildman–Crippen MR) is 81.7 cm³/mol. The molecule has 3 N–H and O–H groups in total. The lowest BCUT2D eigenvalue weighted by Gasteiger charge is -2.16. The fraction of sp³-hybridized carbons (Fsp3) is 0.429. The molecule has 7 heteroatoms. The lowest BCUT2D eigenvalue weighted by atomic mass is 9.97. The lowest BCUT2D eigenvalue weighted by Crippen LogP contribution is -2.36. The topological polar surface area (TPSA) is 78.4 Å². The van der Waals surface area contributed by atoms with Crippen LogP contribution in [0.25, 0.3) is 0 Å². The van der Waals surface area contributed by atoms with Crippen LogP contribution in [0.3, 0.4) is 0 Å². The van der Waals surface area contributed by atoms with Crippen LogP contribution in [0.1, 0.15) is 20.3 Å². The molecule has 0 bridgehead atoms. The van der Waals surface area contributed by atoms with Crippen molar-refractivity contribution in [2.75, 3.05) is 11.9 Å². The molecule has 0 fully saturated rings. The summed E-state index contributed by atoms with van der Waals surface area (Å²) in [6, 6.07) is 3.68. The van der Waals surface area contributed by atoms with Gasteiger partial charge in [-0.3, -0.25) is 4.79 Å². The van der Waals surface area contributed by atoms with Crippen molar-refractivity contribution in [1.82, 2.24) is 5.32 Å². The summed E-state index contributed by atoms with van der Waals surface area (Å²) in [4.78, 5) is 22.8. The number of anilines is 1. The predicted octanol–water partition coefficient (Wildman–Crippen LogP) is 3.46. The number of para-hydroxylation sites is 1. The monoisotopic (exact) mass is 360 g/mol. The van der Waals surface area contributed by atoms with E-state index in [1.54, 1.807) is 6.07 Å². The Morgan fingerprint density at radius 1 is 1.38 bits per heavy atom. The van der Waals surface area contributed by atoms with Gasteiger partial charge >= 0.3 is 12.0 Å². The zero-order valence-corrected chi connectivity index (χ0v) is 13.4. The third-order valence-corrected chi connectivity index (χ3v) is 3.48. The molecule has 116 valence electrons. The number of carboxylic acid groups (broad SMARTS) is 1. The highest BCUT2D eigenvalue weighted by molar-refractivity contribution is 9.10. The first-order chi connectivity index (χ1) is 9.81. The highest BCUT2D eigenvalue weighted by Crippen LogP contribution is 2.24. The van der Waals surface area contributed by atoms with Crippen molar-refractivity contribution in [2.45, 2.75) is 20.3 Å². The van der Waals surface area contributed by atoms with Gasteiger partial charge in [0.05, 0.1) is 11.6 Å². The highest BCUT2D eigenvalue weighted by atomic mass is 79.9. The fourth-order valence-corrected chi connectivity index (χ4v) is 2.27. The van der Waals surface area contributed by atoms with Crippen molar-refractivity contribution >= 4 is 33.6 Å². The molecular formula is C14H18BrFN2O3. The molecule has 1 aromatic carbocycles. The number of carboxylic acids is 1. The summed E-state index contributed by atoms with van der Waals surface area (Å²) < 4.78 is 14.0. The van der Waals surface area contributed by atoms with Crippen LogP contribution in [0.2, 0.25) is 0 Å². The molecule has 0 saturated heterocycles. The minimum atomic E-state index is -0.962. The van der Waals surface area contributed by atoms with Crippen LogP contribution in [-0.4, -0.2) is 23.7 Å². The summed E-state index contributed by atoms with van der Waals surface area (Å²) in [5.74, 6) is -2.00. The van der Waals surface area contributed by atoms with E-state index in [4.69, 9.17) is 5.11 Å². The average Bonchev–Trinajstić information content (AvgIpc) is 2.38. The average molecular weight is 361 g/mol. The second-order valence-corrected chi connectivity index (χ2v) is 5.95. The summed E-state index contributed by atoms with van der Waals surface area (Å²) in [7, 11) is 0. The minimum absolute atomic E-state index is 0.00851. The summed E-state index contributed by atoms with van der Waals surface area (Å²) in [6.07, 6.45) is 0.457. The fourth-order valence-electron chi connectivity index (χ4n) is 1.83. The molecule has 0 aliphatic heterocycles. The van der Waals surface area contributed by atoms with Gasteiger partial charge in [-0.05, 0) is 40.4 Å². The molecule has 5 nitrogen and oxygen atoms in total. The van der Waals surface area contributed by atoms with Crippen molar-refractivity contribution < 1.29 is 19.1 Å². The van der Waals surface area contributed by atoms with Crippen LogP contribution >= 0.6 is 15.9 Å². The number of hydrogen-bond donors (Lipinski definition) is 3. The van der Waals surface area contributed by atoms with Crippen LogP contribution in [0.5, 0.6) is 0 Å². The first-order valence-electron chi connectivity index (χ1n) is 6.53. The molecule has 0 radical (unpaired) electrons. The van der Waals surface area contributed by atoms with E-state index >= 15 is 0 Å². The number of amides is 2. The number of hydrogen-bond acceptors (Lipinski definition) is 2.